The monoisotopic (exact) mass is 479 g/mol. The zero-order chi connectivity index (χ0) is 22.8. The smallest absolute Gasteiger partial charge is 0.263 e. The average Bonchev–Trinajstić information content (AvgIpc) is 3.21. The third kappa shape index (κ3) is 4.43. The second-order valence-corrected chi connectivity index (χ2v) is 10.1. The predicted octanol–water partition coefficient (Wildman–Crippen LogP) is 4.87. The van der Waals surface area contributed by atoms with Gasteiger partial charge in [-0.3, -0.25) is 14.2 Å². The van der Waals surface area contributed by atoms with E-state index in [4.69, 9.17) is 9.72 Å². The van der Waals surface area contributed by atoms with Crippen LogP contribution in [0.4, 0.5) is 5.69 Å². The number of anilines is 1. The van der Waals surface area contributed by atoms with Gasteiger partial charge in [-0.25, -0.2) is 4.98 Å². The third-order valence-electron chi connectivity index (χ3n) is 5.95. The first-order valence-electron chi connectivity index (χ1n) is 11.1. The summed E-state index contributed by atoms with van der Waals surface area (Å²) in [7, 11) is 1.62. The van der Waals surface area contributed by atoms with Crippen molar-refractivity contribution in [3.8, 4) is 0 Å². The number of ether oxygens (including phenoxy) is 1. The molecule has 8 heteroatoms. The molecule has 0 fully saturated rings. The molecule has 5 rings (SSSR count). The van der Waals surface area contributed by atoms with Crippen LogP contribution >= 0.6 is 23.1 Å². The Bertz CT molecular complexity index is 1390. The van der Waals surface area contributed by atoms with Crippen LogP contribution in [-0.2, 0) is 28.9 Å². The standard InChI is InChI=1S/C25H25N3O3S2/c1-31-14-13-28-24(30)22-18-10-4-5-12-20(18)33-23(22)27-25(28)32-15-21(29)26-19-11-6-8-16-7-2-3-9-17(16)19/h2-3,6-9,11H,4-5,10,12-15H2,1H3,(H,26,29). The van der Waals surface area contributed by atoms with Crippen LogP contribution in [0.3, 0.4) is 0 Å². The quantitative estimate of drug-likeness (QED) is 0.303. The Balaban J connectivity index is 1.41. The predicted molar refractivity (Wildman–Crippen MR) is 136 cm³/mol. The van der Waals surface area contributed by atoms with Crippen molar-refractivity contribution >= 4 is 55.7 Å². The molecular weight excluding hydrogens is 454 g/mol. The lowest BCUT2D eigenvalue weighted by atomic mass is 9.97. The molecule has 2 aromatic carbocycles. The second-order valence-electron chi connectivity index (χ2n) is 8.10. The van der Waals surface area contributed by atoms with Gasteiger partial charge in [0, 0.05) is 23.1 Å². The highest BCUT2D eigenvalue weighted by atomic mass is 32.2. The molecular formula is C25H25N3O3S2. The van der Waals surface area contributed by atoms with Crippen molar-refractivity contribution < 1.29 is 9.53 Å². The fourth-order valence-corrected chi connectivity index (χ4v) is 6.49. The molecule has 170 valence electrons. The molecule has 0 atom stereocenters. The van der Waals surface area contributed by atoms with E-state index in [0.717, 1.165) is 52.4 Å². The Morgan fingerprint density at radius 2 is 2.00 bits per heavy atom. The number of amides is 1. The maximum atomic E-state index is 13.4. The minimum atomic E-state index is -0.130. The Hall–Kier alpha value is -2.68. The lowest BCUT2D eigenvalue weighted by molar-refractivity contribution is -0.113. The van der Waals surface area contributed by atoms with Crippen molar-refractivity contribution in [2.45, 2.75) is 37.4 Å². The Kier molecular flexibility index (Phi) is 6.48. The minimum Gasteiger partial charge on any atom is -0.383 e. The van der Waals surface area contributed by atoms with Gasteiger partial charge in [0.2, 0.25) is 5.91 Å². The number of fused-ring (bicyclic) bond motifs is 4. The number of benzene rings is 2. The van der Waals surface area contributed by atoms with Crippen molar-refractivity contribution in [3.63, 3.8) is 0 Å². The molecule has 2 heterocycles. The summed E-state index contributed by atoms with van der Waals surface area (Å²) in [5.41, 5.74) is 1.94. The molecule has 2 aromatic heterocycles. The van der Waals surface area contributed by atoms with E-state index in [1.54, 1.807) is 23.0 Å². The summed E-state index contributed by atoms with van der Waals surface area (Å²) in [5, 5.41) is 6.41. The van der Waals surface area contributed by atoms with Crippen LogP contribution in [0.25, 0.3) is 21.0 Å². The van der Waals surface area contributed by atoms with Gasteiger partial charge in [0.15, 0.2) is 5.16 Å². The van der Waals surface area contributed by atoms with Gasteiger partial charge in [-0.2, -0.15) is 0 Å². The molecule has 0 saturated carbocycles. The van der Waals surface area contributed by atoms with Crippen LogP contribution in [0.15, 0.2) is 52.4 Å². The Morgan fingerprint density at radius 1 is 1.18 bits per heavy atom. The molecule has 0 aliphatic heterocycles. The third-order valence-corrected chi connectivity index (χ3v) is 8.12. The van der Waals surface area contributed by atoms with E-state index in [9.17, 15) is 9.59 Å². The first-order chi connectivity index (χ1) is 16.2. The highest BCUT2D eigenvalue weighted by molar-refractivity contribution is 7.99. The largest absolute Gasteiger partial charge is 0.383 e. The number of nitrogens with zero attached hydrogens (tertiary/aromatic N) is 2. The van der Waals surface area contributed by atoms with Crippen molar-refractivity contribution in [1.29, 1.82) is 0 Å². The summed E-state index contributed by atoms with van der Waals surface area (Å²) >= 11 is 2.93. The molecule has 6 nitrogen and oxygen atoms in total. The summed E-state index contributed by atoms with van der Waals surface area (Å²) in [6.07, 6.45) is 4.23. The van der Waals surface area contributed by atoms with E-state index in [1.807, 2.05) is 42.5 Å². The number of methoxy groups -OCH3 is 1. The van der Waals surface area contributed by atoms with Crippen molar-refractivity contribution in [2.75, 3.05) is 24.8 Å². The highest BCUT2D eigenvalue weighted by Gasteiger charge is 2.22. The van der Waals surface area contributed by atoms with Crippen LogP contribution < -0.4 is 10.9 Å². The first kappa shape index (κ1) is 22.1. The van der Waals surface area contributed by atoms with Gasteiger partial charge >= 0.3 is 0 Å². The van der Waals surface area contributed by atoms with E-state index < -0.39 is 0 Å². The number of aromatic nitrogens is 2. The van der Waals surface area contributed by atoms with Crippen LogP contribution in [-0.4, -0.2) is 34.9 Å². The number of hydrogen-bond donors (Lipinski definition) is 1. The summed E-state index contributed by atoms with van der Waals surface area (Å²) in [6.45, 7) is 0.825. The van der Waals surface area contributed by atoms with Crippen molar-refractivity contribution in [1.82, 2.24) is 9.55 Å². The van der Waals surface area contributed by atoms with E-state index in [2.05, 4.69) is 5.32 Å². The summed E-state index contributed by atoms with van der Waals surface area (Å²) in [4.78, 5) is 33.1. The molecule has 1 aliphatic carbocycles. The molecule has 0 bridgehead atoms. The fraction of sp³-hybridized carbons (Fsp3) is 0.320. The molecule has 33 heavy (non-hydrogen) atoms. The maximum Gasteiger partial charge on any atom is 0.263 e. The van der Waals surface area contributed by atoms with Crippen molar-refractivity contribution in [2.24, 2.45) is 0 Å². The number of hydrogen-bond acceptors (Lipinski definition) is 6. The van der Waals surface area contributed by atoms with Crippen LogP contribution in [0.2, 0.25) is 0 Å². The van der Waals surface area contributed by atoms with Gasteiger partial charge in [-0.15, -0.1) is 11.3 Å². The second kappa shape index (κ2) is 9.67. The zero-order valence-electron chi connectivity index (χ0n) is 18.4. The van der Waals surface area contributed by atoms with Gasteiger partial charge in [0.05, 0.1) is 24.3 Å². The molecule has 0 unspecified atom stereocenters. The lowest BCUT2D eigenvalue weighted by Crippen LogP contribution is -2.26. The lowest BCUT2D eigenvalue weighted by Gasteiger charge is -2.13. The Labute approximate surface area is 200 Å². The molecule has 0 radical (unpaired) electrons. The average molecular weight is 480 g/mol. The first-order valence-corrected chi connectivity index (χ1v) is 12.9. The van der Waals surface area contributed by atoms with Crippen LogP contribution in [0, 0.1) is 0 Å². The maximum absolute atomic E-state index is 13.4. The van der Waals surface area contributed by atoms with Gasteiger partial charge < -0.3 is 10.1 Å². The fourth-order valence-electron chi connectivity index (χ4n) is 4.36. The van der Waals surface area contributed by atoms with Crippen LogP contribution in [0.5, 0.6) is 0 Å². The summed E-state index contributed by atoms with van der Waals surface area (Å²) in [5.74, 6) is 0.0358. The van der Waals surface area contributed by atoms with E-state index in [1.165, 1.54) is 22.2 Å². The minimum absolute atomic E-state index is 0.0200. The number of thiophene rings is 1. The number of rotatable bonds is 7. The number of aryl methyl sites for hydroxylation is 2. The summed E-state index contributed by atoms with van der Waals surface area (Å²) in [6, 6.07) is 13.8. The Morgan fingerprint density at radius 3 is 2.88 bits per heavy atom. The SMILES string of the molecule is COCCn1c(SCC(=O)Nc2cccc3ccccc23)nc2sc3c(c2c1=O)CCCC3. The highest BCUT2D eigenvalue weighted by Crippen LogP contribution is 2.34. The van der Waals surface area contributed by atoms with Gasteiger partial charge in [0.1, 0.15) is 4.83 Å². The molecule has 1 amide bonds. The number of carbonyl (C=O) groups is 1. The number of nitrogens with one attached hydrogen (secondary N) is 1. The summed E-state index contributed by atoms with van der Waals surface area (Å²) < 4.78 is 6.90. The molecule has 1 N–H and O–H groups in total. The number of thioether (sulfide) groups is 1. The van der Waals surface area contributed by atoms with Crippen molar-refractivity contribution in [3.05, 3.63) is 63.3 Å². The normalized spacial score (nSPS) is 13.4. The van der Waals surface area contributed by atoms with Gasteiger partial charge in [0.25, 0.3) is 5.56 Å². The topological polar surface area (TPSA) is 73.2 Å². The molecule has 1 aliphatic rings. The molecule has 4 aromatic rings. The van der Waals surface area contributed by atoms with Gasteiger partial charge in [-0.05, 0) is 42.7 Å². The van der Waals surface area contributed by atoms with Gasteiger partial charge in [-0.1, -0.05) is 48.2 Å². The van der Waals surface area contributed by atoms with E-state index >= 15 is 0 Å². The van der Waals surface area contributed by atoms with E-state index in [0.29, 0.717) is 18.3 Å². The van der Waals surface area contributed by atoms with Crippen LogP contribution in [0.1, 0.15) is 23.3 Å². The molecule has 0 saturated heterocycles. The number of carbonyl (C=O) groups excluding carboxylic acids is 1. The molecule has 0 spiro atoms. The van der Waals surface area contributed by atoms with E-state index in [-0.39, 0.29) is 17.2 Å². The zero-order valence-corrected chi connectivity index (χ0v) is 20.1.